The minimum absolute atomic E-state index is 0.0703. The van der Waals surface area contributed by atoms with Gasteiger partial charge in [0.25, 0.3) is 0 Å². The van der Waals surface area contributed by atoms with Gasteiger partial charge in [0.2, 0.25) is 0 Å². The number of nitrogens with zero attached hydrogens (tertiary/aromatic N) is 2. The van der Waals surface area contributed by atoms with Crippen LogP contribution in [-0.2, 0) is 25.8 Å². The van der Waals surface area contributed by atoms with Crippen molar-refractivity contribution in [2.75, 3.05) is 0 Å². The van der Waals surface area contributed by atoms with Crippen molar-refractivity contribution in [2.24, 2.45) is 7.05 Å². The molecule has 2 rings (SSSR count). The van der Waals surface area contributed by atoms with Gasteiger partial charge >= 0.3 is 0 Å². The van der Waals surface area contributed by atoms with Gasteiger partial charge in [-0.25, -0.2) is 0 Å². The van der Waals surface area contributed by atoms with Crippen molar-refractivity contribution in [3.8, 4) is 0 Å². The molecular weight excluding hydrogens is 280 g/mol. The molecule has 102 valence electrons. The Hall–Kier alpha value is -0.970. The van der Waals surface area contributed by atoms with Gasteiger partial charge in [0.05, 0.1) is 23.0 Å². The van der Waals surface area contributed by atoms with Gasteiger partial charge in [0.15, 0.2) is 0 Å². The first-order chi connectivity index (χ1) is 9.15. The van der Waals surface area contributed by atoms with Crippen molar-refractivity contribution in [1.29, 1.82) is 0 Å². The summed E-state index contributed by atoms with van der Waals surface area (Å²) in [5.74, 6) is 0.775. The number of aliphatic hydroxyl groups excluding tert-OH is 1. The van der Waals surface area contributed by atoms with E-state index in [0.717, 1.165) is 39.0 Å². The molecule has 0 radical (unpaired) electrons. The first-order valence-corrected chi connectivity index (χ1v) is 7.55. The van der Waals surface area contributed by atoms with E-state index in [9.17, 15) is 0 Å². The topological polar surface area (TPSA) is 38.0 Å². The van der Waals surface area contributed by atoms with Crippen LogP contribution in [0, 0.1) is 0 Å². The van der Waals surface area contributed by atoms with Crippen LogP contribution >= 0.6 is 23.4 Å². The number of halogens is 1. The van der Waals surface area contributed by atoms with Crippen LogP contribution in [0.2, 0.25) is 5.02 Å². The van der Waals surface area contributed by atoms with E-state index in [1.54, 1.807) is 11.8 Å². The molecule has 3 nitrogen and oxygen atoms in total. The van der Waals surface area contributed by atoms with Crippen LogP contribution in [0.3, 0.4) is 0 Å². The van der Waals surface area contributed by atoms with Crippen molar-refractivity contribution < 1.29 is 5.11 Å². The molecule has 0 fully saturated rings. The van der Waals surface area contributed by atoms with E-state index in [1.165, 1.54) is 0 Å². The summed E-state index contributed by atoms with van der Waals surface area (Å²) in [6.45, 7) is 2.12. The molecule has 0 aliphatic heterocycles. The fraction of sp³-hybridized carbons (Fsp3) is 0.357. The molecule has 0 amide bonds. The second-order valence-electron chi connectivity index (χ2n) is 4.28. The van der Waals surface area contributed by atoms with E-state index in [4.69, 9.17) is 16.7 Å². The first-order valence-electron chi connectivity index (χ1n) is 6.18. The minimum atomic E-state index is 0.0703. The standard InChI is InChI=1S/C14H17ClN2OS/c1-3-12-14(15)13(17(2)16-12)9-19-11-6-4-5-10(7-11)8-18/h4-7,18H,3,8-9H2,1-2H3. The zero-order chi connectivity index (χ0) is 13.8. The molecule has 0 saturated carbocycles. The minimum Gasteiger partial charge on any atom is -0.392 e. The Balaban J connectivity index is 2.12. The summed E-state index contributed by atoms with van der Waals surface area (Å²) >= 11 is 8.02. The lowest BCUT2D eigenvalue weighted by Gasteiger charge is -2.04. The molecule has 1 aromatic heterocycles. The maximum atomic E-state index is 9.13. The van der Waals surface area contributed by atoms with E-state index >= 15 is 0 Å². The Morgan fingerprint density at radius 2 is 2.21 bits per heavy atom. The van der Waals surface area contributed by atoms with Gasteiger partial charge in [-0.05, 0) is 24.1 Å². The molecule has 0 bridgehead atoms. The maximum absolute atomic E-state index is 9.13. The Labute approximate surface area is 122 Å². The Bertz CT molecular complexity index is 569. The Morgan fingerprint density at radius 1 is 1.42 bits per heavy atom. The van der Waals surface area contributed by atoms with Gasteiger partial charge in [0, 0.05) is 17.7 Å². The highest BCUT2D eigenvalue weighted by atomic mass is 35.5. The predicted molar refractivity (Wildman–Crippen MR) is 79.5 cm³/mol. The van der Waals surface area contributed by atoms with Crippen LogP contribution in [0.1, 0.15) is 23.9 Å². The van der Waals surface area contributed by atoms with Crippen LogP contribution in [-0.4, -0.2) is 14.9 Å². The fourth-order valence-electron chi connectivity index (χ4n) is 1.86. The van der Waals surface area contributed by atoms with E-state index in [1.807, 2.05) is 36.0 Å². The summed E-state index contributed by atoms with van der Waals surface area (Å²) < 4.78 is 1.85. The molecule has 1 N–H and O–H groups in total. The quantitative estimate of drug-likeness (QED) is 0.859. The van der Waals surface area contributed by atoms with Crippen molar-refractivity contribution >= 4 is 23.4 Å². The lowest BCUT2D eigenvalue weighted by molar-refractivity contribution is 0.281. The number of aryl methyl sites for hydroxylation is 2. The van der Waals surface area contributed by atoms with E-state index in [-0.39, 0.29) is 6.61 Å². The average molecular weight is 297 g/mol. The molecule has 0 aliphatic rings. The van der Waals surface area contributed by atoms with E-state index in [0.29, 0.717) is 0 Å². The molecule has 0 atom stereocenters. The molecule has 5 heteroatoms. The SMILES string of the molecule is CCc1nn(C)c(CSc2cccc(CO)c2)c1Cl. The Kier molecular flexibility index (Phi) is 4.91. The maximum Gasteiger partial charge on any atom is 0.0858 e. The number of hydrogen-bond acceptors (Lipinski definition) is 3. The van der Waals surface area contributed by atoms with Gasteiger partial charge in [-0.1, -0.05) is 30.7 Å². The highest BCUT2D eigenvalue weighted by molar-refractivity contribution is 7.98. The van der Waals surface area contributed by atoms with Crippen LogP contribution in [0.25, 0.3) is 0 Å². The van der Waals surface area contributed by atoms with Gasteiger partial charge in [-0.15, -0.1) is 11.8 Å². The zero-order valence-electron chi connectivity index (χ0n) is 11.1. The number of rotatable bonds is 5. The molecule has 0 spiro atoms. The van der Waals surface area contributed by atoms with Crippen LogP contribution in [0.15, 0.2) is 29.2 Å². The summed E-state index contributed by atoms with van der Waals surface area (Å²) in [7, 11) is 1.92. The van der Waals surface area contributed by atoms with Gasteiger partial charge in [-0.2, -0.15) is 5.10 Å². The average Bonchev–Trinajstić information content (AvgIpc) is 2.71. The van der Waals surface area contributed by atoms with Gasteiger partial charge < -0.3 is 5.11 Å². The van der Waals surface area contributed by atoms with Crippen molar-refractivity contribution in [3.63, 3.8) is 0 Å². The molecule has 0 unspecified atom stereocenters. The predicted octanol–water partition coefficient (Wildman–Crippen LogP) is 3.42. The number of benzene rings is 1. The number of thioether (sulfide) groups is 1. The molecule has 1 aromatic carbocycles. The van der Waals surface area contributed by atoms with E-state index < -0.39 is 0 Å². The summed E-state index contributed by atoms with van der Waals surface area (Å²) in [5.41, 5.74) is 2.91. The fourth-order valence-corrected chi connectivity index (χ4v) is 3.35. The lowest BCUT2D eigenvalue weighted by Crippen LogP contribution is -1.97. The summed E-state index contributed by atoms with van der Waals surface area (Å²) in [5, 5.41) is 14.3. The van der Waals surface area contributed by atoms with Gasteiger partial charge in [-0.3, -0.25) is 4.68 Å². The second-order valence-corrected chi connectivity index (χ2v) is 5.71. The van der Waals surface area contributed by atoms with E-state index in [2.05, 4.69) is 12.0 Å². The highest BCUT2D eigenvalue weighted by Gasteiger charge is 2.12. The zero-order valence-corrected chi connectivity index (χ0v) is 12.6. The summed E-state index contributed by atoms with van der Waals surface area (Å²) in [6, 6.07) is 7.90. The number of hydrogen-bond donors (Lipinski definition) is 1. The van der Waals surface area contributed by atoms with Crippen molar-refractivity contribution in [3.05, 3.63) is 46.2 Å². The largest absolute Gasteiger partial charge is 0.392 e. The summed E-state index contributed by atoms with van der Waals surface area (Å²) in [4.78, 5) is 1.13. The number of aromatic nitrogens is 2. The van der Waals surface area contributed by atoms with Crippen LogP contribution in [0.5, 0.6) is 0 Å². The van der Waals surface area contributed by atoms with Crippen LogP contribution < -0.4 is 0 Å². The highest BCUT2D eigenvalue weighted by Crippen LogP contribution is 2.29. The third kappa shape index (κ3) is 3.32. The molecule has 1 heterocycles. The Morgan fingerprint density at radius 3 is 2.84 bits per heavy atom. The van der Waals surface area contributed by atoms with Crippen molar-refractivity contribution in [2.45, 2.75) is 30.6 Å². The molecule has 0 aliphatic carbocycles. The lowest BCUT2D eigenvalue weighted by atomic mass is 10.2. The monoisotopic (exact) mass is 296 g/mol. The third-order valence-corrected chi connectivity index (χ3v) is 4.40. The third-order valence-electron chi connectivity index (χ3n) is 2.96. The van der Waals surface area contributed by atoms with Crippen LogP contribution in [0.4, 0.5) is 0 Å². The molecule has 19 heavy (non-hydrogen) atoms. The van der Waals surface area contributed by atoms with Gasteiger partial charge in [0.1, 0.15) is 0 Å². The molecular formula is C14H17ClN2OS. The molecule has 0 saturated heterocycles. The summed E-state index contributed by atoms with van der Waals surface area (Å²) in [6.07, 6.45) is 0.845. The number of aliphatic hydroxyl groups is 1. The molecule has 2 aromatic rings. The first kappa shape index (κ1) is 14.4. The normalized spacial score (nSPS) is 10.9. The second kappa shape index (κ2) is 6.46. The van der Waals surface area contributed by atoms with Crippen molar-refractivity contribution in [1.82, 2.24) is 9.78 Å². The smallest absolute Gasteiger partial charge is 0.0858 e.